The lowest BCUT2D eigenvalue weighted by Crippen LogP contribution is -2.64. The molecule has 6 rings (SSSR count). The average Bonchev–Trinajstić information content (AvgIpc) is 3.29. The van der Waals surface area contributed by atoms with Crippen LogP contribution in [0.15, 0.2) is 60.7 Å². The Balaban J connectivity index is 1.24. The van der Waals surface area contributed by atoms with Crippen LogP contribution >= 0.6 is 0 Å². The number of hydrogen-bond donors (Lipinski definition) is 0. The van der Waals surface area contributed by atoms with E-state index >= 15 is 0 Å². The Hall–Kier alpha value is -2.33. The number of hydrogen-bond acceptors (Lipinski definition) is 7. The van der Waals surface area contributed by atoms with Gasteiger partial charge in [0.05, 0.1) is 18.8 Å². The number of rotatable bonds is 5. The summed E-state index contributed by atoms with van der Waals surface area (Å²) >= 11 is 0. The number of epoxide rings is 1. The van der Waals surface area contributed by atoms with Crippen molar-refractivity contribution in [3.63, 3.8) is 0 Å². The summed E-state index contributed by atoms with van der Waals surface area (Å²) < 4.78 is 36.7. The first-order chi connectivity index (χ1) is 16.5. The van der Waals surface area contributed by atoms with Gasteiger partial charge in [-0.15, -0.1) is 0 Å². The molecule has 4 aliphatic heterocycles. The molecule has 0 saturated carbocycles. The molecule has 0 aliphatic carbocycles. The molecule has 0 spiro atoms. The fourth-order valence-corrected chi connectivity index (χ4v) is 4.98. The van der Waals surface area contributed by atoms with Crippen molar-refractivity contribution >= 4 is 5.91 Å². The maximum Gasteiger partial charge on any atom is 0.257 e. The number of carbonyl (C=O) groups is 1. The summed E-state index contributed by atoms with van der Waals surface area (Å²) in [6, 6.07) is 19.2. The number of ether oxygens (including phenoxy) is 6. The Morgan fingerprint density at radius 2 is 1.71 bits per heavy atom. The third kappa shape index (κ3) is 4.04. The highest BCUT2D eigenvalue weighted by molar-refractivity contribution is 5.85. The minimum Gasteiger partial charge on any atom is -0.356 e. The van der Waals surface area contributed by atoms with Crippen molar-refractivity contribution in [3.8, 4) is 0 Å². The molecule has 8 nitrogen and oxygen atoms in total. The van der Waals surface area contributed by atoms with Gasteiger partial charge in [-0.2, -0.15) is 0 Å². The van der Waals surface area contributed by atoms with Gasteiger partial charge < -0.3 is 33.3 Å². The highest BCUT2D eigenvalue weighted by atomic mass is 16.8. The average molecular weight is 468 g/mol. The highest BCUT2D eigenvalue weighted by Crippen LogP contribution is 2.43. The molecular formula is C26H29NO7. The number of amides is 1. The van der Waals surface area contributed by atoms with Crippen LogP contribution in [0.25, 0.3) is 0 Å². The zero-order chi connectivity index (χ0) is 23.3. The van der Waals surface area contributed by atoms with Crippen LogP contribution in [0.2, 0.25) is 0 Å². The second kappa shape index (κ2) is 8.71. The van der Waals surface area contributed by atoms with Crippen LogP contribution in [0.1, 0.15) is 31.3 Å². The van der Waals surface area contributed by atoms with Crippen LogP contribution in [0.3, 0.4) is 0 Å². The smallest absolute Gasteiger partial charge is 0.257 e. The van der Waals surface area contributed by atoms with E-state index in [1.54, 1.807) is 4.90 Å². The Bertz CT molecular complexity index is 1020. The zero-order valence-corrected chi connectivity index (χ0v) is 19.2. The summed E-state index contributed by atoms with van der Waals surface area (Å²) in [5, 5.41) is 0. The van der Waals surface area contributed by atoms with E-state index < -0.39 is 42.5 Å². The van der Waals surface area contributed by atoms with Gasteiger partial charge in [0, 0.05) is 5.56 Å². The van der Waals surface area contributed by atoms with E-state index in [4.69, 9.17) is 28.4 Å². The predicted molar refractivity (Wildman–Crippen MR) is 119 cm³/mol. The van der Waals surface area contributed by atoms with Gasteiger partial charge in [-0.25, -0.2) is 0 Å². The van der Waals surface area contributed by atoms with Crippen LogP contribution < -0.4 is 0 Å². The van der Waals surface area contributed by atoms with Crippen molar-refractivity contribution < 1.29 is 33.2 Å². The molecular weight excluding hydrogens is 438 g/mol. The summed E-state index contributed by atoms with van der Waals surface area (Å²) in [5.74, 6) is -0.112. The maximum absolute atomic E-state index is 13.3. The molecule has 0 aromatic heterocycles. The standard InChI is InChI=1S/C26H29NO7/c1-26(2)22(34-26)23(28)27-15-31-21-19(27)25(29-13-16-9-5-3-6-10-16)32-18-14-30-24(33-20(18)21)17-11-7-4-8-12-17/h3-12,18-22,24-25H,13-15H2,1-2H3/t18-,19-,20-,21+,22+,24-,25-/m1/s1. The lowest BCUT2D eigenvalue weighted by Gasteiger charge is -2.47. The van der Waals surface area contributed by atoms with Crippen molar-refractivity contribution in [2.45, 2.75) is 69.1 Å². The number of benzene rings is 2. The molecule has 0 bridgehead atoms. The van der Waals surface area contributed by atoms with Crippen LogP contribution in [0.5, 0.6) is 0 Å². The normalized spacial score (nSPS) is 35.9. The monoisotopic (exact) mass is 467 g/mol. The lowest BCUT2D eigenvalue weighted by atomic mass is 9.95. The molecule has 180 valence electrons. The third-order valence-electron chi connectivity index (χ3n) is 6.91. The Kier molecular flexibility index (Phi) is 5.68. The van der Waals surface area contributed by atoms with Gasteiger partial charge in [-0.1, -0.05) is 60.7 Å². The van der Waals surface area contributed by atoms with Crippen molar-refractivity contribution in [2.24, 2.45) is 0 Å². The molecule has 4 fully saturated rings. The molecule has 8 heteroatoms. The molecule has 0 radical (unpaired) electrons. The van der Waals surface area contributed by atoms with Gasteiger partial charge in [0.15, 0.2) is 18.7 Å². The largest absolute Gasteiger partial charge is 0.356 e. The Morgan fingerprint density at radius 1 is 1.00 bits per heavy atom. The van der Waals surface area contributed by atoms with Gasteiger partial charge >= 0.3 is 0 Å². The van der Waals surface area contributed by atoms with Crippen LogP contribution in [0, 0.1) is 0 Å². The summed E-state index contributed by atoms with van der Waals surface area (Å²) in [4.78, 5) is 15.0. The van der Waals surface area contributed by atoms with E-state index in [1.165, 1.54) is 0 Å². The van der Waals surface area contributed by atoms with Crippen molar-refractivity contribution in [1.82, 2.24) is 4.90 Å². The number of carbonyl (C=O) groups excluding carboxylic acids is 1. The Morgan fingerprint density at radius 3 is 2.41 bits per heavy atom. The summed E-state index contributed by atoms with van der Waals surface area (Å²) in [6.45, 7) is 4.66. The molecule has 2 aromatic carbocycles. The topological polar surface area (TPSA) is 79.0 Å². The van der Waals surface area contributed by atoms with E-state index in [9.17, 15) is 4.79 Å². The fraction of sp³-hybridized carbons (Fsp3) is 0.500. The van der Waals surface area contributed by atoms with E-state index in [1.807, 2.05) is 74.5 Å². The molecule has 4 aliphatic rings. The molecule has 4 heterocycles. The fourth-order valence-electron chi connectivity index (χ4n) is 4.98. The van der Waals surface area contributed by atoms with Crippen LogP contribution in [0.4, 0.5) is 0 Å². The summed E-state index contributed by atoms with van der Waals surface area (Å²) in [6.07, 6.45) is -2.86. The molecule has 1 amide bonds. The molecule has 2 aromatic rings. The zero-order valence-electron chi connectivity index (χ0n) is 19.2. The molecule has 4 saturated heterocycles. The van der Waals surface area contributed by atoms with Gasteiger partial charge in [-0.05, 0) is 19.4 Å². The third-order valence-corrected chi connectivity index (χ3v) is 6.91. The number of fused-ring (bicyclic) bond motifs is 3. The molecule has 0 N–H and O–H groups in total. The molecule has 7 atom stereocenters. The van der Waals surface area contributed by atoms with Gasteiger partial charge in [0.25, 0.3) is 5.91 Å². The van der Waals surface area contributed by atoms with Gasteiger partial charge in [-0.3, -0.25) is 4.79 Å². The van der Waals surface area contributed by atoms with E-state index in [2.05, 4.69) is 0 Å². The first kappa shape index (κ1) is 22.2. The highest BCUT2D eigenvalue weighted by Gasteiger charge is 2.61. The van der Waals surface area contributed by atoms with Gasteiger partial charge in [0.2, 0.25) is 0 Å². The Labute approximate surface area is 198 Å². The first-order valence-corrected chi connectivity index (χ1v) is 11.7. The quantitative estimate of drug-likeness (QED) is 0.626. The van der Waals surface area contributed by atoms with Crippen LogP contribution in [-0.4, -0.2) is 66.5 Å². The SMILES string of the molecule is CC1(C)O[C@H]1C(=O)N1CO[C@@H]2[C@@H]3O[C@H](c4ccccc4)OC[C@H]3O[C@@H](OCc3ccccc3)[C@@H]21. The first-order valence-electron chi connectivity index (χ1n) is 11.7. The summed E-state index contributed by atoms with van der Waals surface area (Å²) in [5.41, 5.74) is 1.48. The minimum atomic E-state index is -0.680. The second-order valence-corrected chi connectivity index (χ2v) is 9.68. The van der Waals surface area contributed by atoms with Crippen molar-refractivity contribution in [1.29, 1.82) is 0 Å². The lowest BCUT2D eigenvalue weighted by molar-refractivity contribution is -0.342. The van der Waals surface area contributed by atoms with Crippen molar-refractivity contribution in [2.75, 3.05) is 13.3 Å². The van der Waals surface area contributed by atoms with Crippen molar-refractivity contribution in [3.05, 3.63) is 71.8 Å². The number of nitrogens with zero attached hydrogens (tertiary/aromatic N) is 1. The second-order valence-electron chi connectivity index (χ2n) is 9.68. The minimum absolute atomic E-state index is 0.112. The van der Waals surface area contributed by atoms with E-state index in [0.29, 0.717) is 13.2 Å². The van der Waals surface area contributed by atoms with E-state index in [0.717, 1.165) is 11.1 Å². The predicted octanol–water partition coefficient (Wildman–Crippen LogP) is 2.77. The molecule has 34 heavy (non-hydrogen) atoms. The molecule has 0 unspecified atom stereocenters. The maximum atomic E-state index is 13.3. The van der Waals surface area contributed by atoms with E-state index in [-0.39, 0.29) is 18.7 Å². The van der Waals surface area contributed by atoms with Gasteiger partial charge in [0.1, 0.15) is 31.1 Å². The van der Waals surface area contributed by atoms with Crippen LogP contribution in [-0.2, 0) is 39.8 Å². The summed E-state index contributed by atoms with van der Waals surface area (Å²) in [7, 11) is 0.